The Balaban J connectivity index is 2.68. The molecule has 0 saturated heterocycles. The van der Waals surface area contributed by atoms with E-state index in [0.717, 1.165) is 30.4 Å². The van der Waals surface area contributed by atoms with E-state index in [9.17, 15) is 4.79 Å². The fourth-order valence-electron chi connectivity index (χ4n) is 1.87. The summed E-state index contributed by atoms with van der Waals surface area (Å²) in [6.07, 6.45) is 4.23. The second kappa shape index (κ2) is 3.18. The summed E-state index contributed by atoms with van der Waals surface area (Å²) >= 11 is 5.91. The first kappa shape index (κ1) is 8.82. The average molecular weight is 198 g/mol. The molecule has 0 radical (unpaired) electrons. The van der Waals surface area contributed by atoms with Gasteiger partial charge < -0.3 is 4.57 Å². The van der Waals surface area contributed by atoms with Gasteiger partial charge in [0.25, 0.3) is 5.56 Å². The number of fused-ring (bicyclic) bond motifs is 1. The Kier molecular flexibility index (Phi) is 2.16. The predicted octanol–water partition coefficient (Wildman–Crippen LogP) is 1.92. The van der Waals surface area contributed by atoms with E-state index in [2.05, 4.69) is 0 Å². The SMILES string of the molecule is Cn1c(Cl)cc2c(c1=O)CCCC2. The second-order valence-electron chi connectivity index (χ2n) is 3.54. The lowest BCUT2D eigenvalue weighted by atomic mass is 9.93. The number of halogens is 1. The van der Waals surface area contributed by atoms with Crippen LogP contribution in [0.4, 0.5) is 0 Å². The van der Waals surface area contributed by atoms with Crippen LogP contribution in [0, 0.1) is 0 Å². The number of rotatable bonds is 0. The molecule has 0 bridgehead atoms. The molecule has 1 aliphatic carbocycles. The van der Waals surface area contributed by atoms with Gasteiger partial charge in [-0.1, -0.05) is 11.6 Å². The number of hydrogen-bond donors (Lipinski definition) is 0. The molecule has 1 aromatic heterocycles. The summed E-state index contributed by atoms with van der Waals surface area (Å²) in [7, 11) is 1.72. The van der Waals surface area contributed by atoms with E-state index in [0.29, 0.717) is 5.15 Å². The van der Waals surface area contributed by atoms with E-state index in [1.807, 2.05) is 6.07 Å². The minimum atomic E-state index is 0.0854. The summed E-state index contributed by atoms with van der Waals surface area (Å²) in [5, 5.41) is 0.547. The molecule has 2 nitrogen and oxygen atoms in total. The molecule has 0 atom stereocenters. The molecule has 0 N–H and O–H groups in total. The van der Waals surface area contributed by atoms with Crippen molar-refractivity contribution in [2.24, 2.45) is 7.05 Å². The highest BCUT2D eigenvalue weighted by molar-refractivity contribution is 6.29. The van der Waals surface area contributed by atoms with Gasteiger partial charge in [0.2, 0.25) is 0 Å². The highest BCUT2D eigenvalue weighted by Crippen LogP contribution is 2.20. The van der Waals surface area contributed by atoms with Crippen LogP contribution in [0.15, 0.2) is 10.9 Å². The van der Waals surface area contributed by atoms with E-state index in [-0.39, 0.29) is 5.56 Å². The zero-order chi connectivity index (χ0) is 9.42. The molecule has 1 aromatic rings. The largest absolute Gasteiger partial charge is 0.302 e. The second-order valence-corrected chi connectivity index (χ2v) is 3.93. The molecule has 1 aliphatic rings. The topological polar surface area (TPSA) is 22.0 Å². The van der Waals surface area contributed by atoms with Crippen LogP contribution >= 0.6 is 11.6 Å². The summed E-state index contributed by atoms with van der Waals surface area (Å²) in [6, 6.07) is 1.93. The third-order valence-electron chi connectivity index (χ3n) is 2.69. The molecular formula is C10H12ClNO. The Bertz CT molecular complexity index is 395. The van der Waals surface area contributed by atoms with Crippen LogP contribution in [0.3, 0.4) is 0 Å². The van der Waals surface area contributed by atoms with E-state index >= 15 is 0 Å². The lowest BCUT2D eigenvalue weighted by molar-refractivity contribution is 0.663. The smallest absolute Gasteiger partial charge is 0.254 e. The maximum Gasteiger partial charge on any atom is 0.254 e. The van der Waals surface area contributed by atoms with Gasteiger partial charge in [-0.3, -0.25) is 4.79 Å². The minimum Gasteiger partial charge on any atom is -0.302 e. The van der Waals surface area contributed by atoms with E-state index in [1.54, 1.807) is 7.05 Å². The van der Waals surface area contributed by atoms with E-state index < -0.39 is 0 Å². The summed E-state index contributed by atoms with van der Waals surface area (Å²) in [4.78, 5) is 11.7. The van der Waals surface area contributed by atoms with Crippen molar-refractivity contribution >= 4 is 11.6 Å². The van der Waals surface area contributed by atoms with Crippen LogP contribution in [0.2, 0.25) is 5.15 Å². The monoisotopic (exact) mass is 197 g/mol. The standard InChI is InChI=1S/C10H12ClNO/c1-12-9(11)6-7-4-2-3-5-8(7)10(12)13/h6H,2-5H2,1H3. The molecule has 3 heteroatoms. The van der Waals surface area contributed by atoms with Gasteiger partial charge in [-0.25, -0.2) is 0 Å². The van der Waals surface area contributed by atoms with Crippen LogP contribution in [0.5, 0.6) is 0 Å². The summed E-state index contributed by atoms with van der Waals surface area (Å²) in [6.45, 7) is 0. The van der Waals surface area contributed by atoms with Crippen molar-refractivity contribution in [3.8, 4) is 0 Å². The average Bonchev–Trinajstić information content (AvgIpc) is 2.15. The van der Waals surface area contributed by atoms with Crippen molar-refractivity contribution in [2.45, 2.75) is 25.7 Å². The van der Waals surface area contributed by atoms with Crippen molar-refractivity contribution in [3.05, 3.63) is 32.7 Å². The number of nitrogens with zero attached hydrogens (tertiary/aromatic N) is 1. The van der Waals surface area contributed by atoms with Crippen molar-refractivity contribution in [1.82, 2.24) is 4.57 Å². The Morgan fingerprint density at radius 3 is 2.85 bits per heavy atom. The van der Waals surface area contributed by atoms with Gasteiger partial charge in [0.05, 0.1) is 0 Å². The lowest BCUT2D eigenvalue weighted by Crippen LogP contribution is -2.25. The van der Waals surface area contributed by atoms with E-state index in [4.69, 9.17) is 11.6 Å². The Labute approximate surface area is 82.1 Å². The summed E-state index contributed by atoms with van der Waals surface area (Å²) < 4.78 is 1.52. The van der Waals surface area contributed by atoms with Crippen molar-refractivity contribution < 1.29 is 0 Å². The zero-order valence-electron chi connectivity index (χ0n) is 7.64. The molecule has 0 spiro atoms. The predicted molar refractivity (Wildman–Crippen MR) is 53.3 cm³/mol. The molecule has 0 saturated carbocycles. The van der Waals surface area contributed by atoms with Crippen molar-refractivity contribution in [1.29, 1.82) is 0 Å². The highest BCUT2D eigenvalue weighted by Gasteiger charge is 2.14. The highest BCUT2D eigenvalue weighted by atomic mass is 35.5. The lowest BCUT2D eigenvalue weighted by Gasteiger charge is -2.16. The fraction of sp³-hybridized carbons (Fsp3) is 0.500. The number of pyridine rings is 1. The number of hydrogen-bond acceptors (Lipinski definition) is 1. The maximum atomic E-state index is 11.7. The Morgan fingerprint density at radius 1 is 1.38 bits per heavy atom. The number of aromatic nitrogens is 1. The summed E-state index contributed by atoms with van der Waals surface area (Å²) in [5.74, 6) is 0. The first-order valence-corrected chi connectivity index (χ1v) is 4.95. The molecular weight excluding hydrogens is 186 g/mol. The molecule has 2 rings (SSSR count). The van der Waals surface area contributed by atoms with Crippen LogP contribution in [-0.2, 0) is 19.9 Å². The van der Waals surface area contributed by atoms with Gasteiger partial charge in [0, 0.05) is 12.6 Å². The van der Waals surface area contributed by atoms with Gasteiger partial charge in [-0.05, 0) is 37.3 Å². The quantitative estimate of drug-likeness (QED) is 0.583. The molecule has 0 aliphatic heterocycles. The zero-order valence-corrected chi connectivity index (χ0v) is 8.40. The third kappa shape index (κ3) is 1.39. The Hall–Kier alpha value is -0.760. The molecule has 70 valence electrons. The molecule has 0 unspecified atom stereocenters. The van der Waals surface area contributed by atoms with Crippen LogP contribution in [-0.4, -0.2) is 4.57 Å². The van der Waals surface area contributed by atoms with Gasteiger partial charge in [0.15, 0.2) is 0 Å². The molecule has 0 aromatic carbocycles. The molecule has 0 fully saturated rings. The normalized spacial score (nSPS) is 15.5. The fourth-order valence-corrected chi connectivity index (χ4v) is 2.08. The number of aryl methyl sites for hydroxylation is 1. The maximum absolute atomic E-state index is 11.7. The minimum absolute atomic E-state index is 0.0854. The summed E-state index contributed by atoms with van der Waals surface area (Å²) in [5.41, 5.74) is 2.21. The molecule has 0 amide bonds. The van der Waals surface area contributed by atoms with Crippen LogP contribution < -0.4 is 5.56 Å². The van der Waals surface area contributed by atoms with Crippen molar-refractivity contribution in [3.63, 3.8) is 0 Å². The molecule has 1 heterocycles. The van der Waals surface area contributed by atoms with Gasteiger partial charge in [0.1, 0.15) is 5.15 Å². The Morgan fingerprint density at radius 2 is 2.08 bits per heavy atom. The van der Waals surface area contributed by atoms with Gasteiger partial charge in [-0.15, -0.1) is 0 Å². The van der Waals surface area contributed by atoms with Gasteiger partial charge in [-0.2, -0.15) is 0 Å². The van der Waals surface area contributed by atoms with Crippen LogP contribution in [0.25, 0.3) is 0 Å². The van der Waals surface area contributed by atoms with Crippen LogP contribution in [0.1, 0.15) is 24.0 Å². The first-order valence-electron chi connectivity index (χ1n) is 4.57. The first-order chi connectivity index (χ1) is 6.20. The third-order valence-corrected chi connectivity index (χ3v) is 3.05. The van der Waals surface area contributed by atoms with Crippen molar-refractivity contribution in [2.75, 3.05) is 0 Å². The van der Waals surface area contributed by atoms with E-state index in [1.165, 1.54) is 11.0 Å². The van der Waals surface area contributed by atoms with Gasteiger partial charge >= 0.3 is 0 Å². The molecule has 13 heavy (non-hydrogen) atoms.